The first-order valence-corrected chi connectivity index (χ1v) is 10.2. The Bertz CT molecular complexity index is 1140. The van der Waals surface area contributed by atoms with Crippen molar-refractivity contribution in [2.24, 2.45) is 5.10 Å². The van der Waals surface area contributed by atoms with Crippen LogP contribution in [0.25, 0.3) is 0 Å². The SMILES string of the molecule is Cc1ccc(NC(=O)COc2ccc(/C=N\NC(=O)C(=O)NCc3ccco3)cc2Cl)cc1. The predicted octanol–water partition coefficient (Wildman–Crippen LogP) is 3.03. The summed E-state index contributed by atoms with van der Waals surface area (Å²) < 4.78 is 10.5. The highest BCUT2D eigenvalue weighted by Gasteiger charge is 2.12. The zero-order valence-electron chi connectivity index (χ0n) is 17.6. The molecule has 170 valence electrons. The summed E-state index contributed by atoms with van der Waals surface area (Å²) in [5, 5.41) is 9.12. The van der Waals surface area contributed by atoms with Crippen LogP contribution >= 0.6 is 11.6 Å². The number of ether oxygens (including phenoxy) is 1. The highest BCUT2D eigenvalue weighted by molar-refractivity contribution is 6.35. The number of aryl methyl sites for hydroxylation is 1. The average Bonchev–Trinajstić information content (AvgIpc) is 3.32. The monoisotopic (exact) mass is 468 g/mol. The maximum Gasteiger partial charge on any atom is 0.329 e. The van der Waals surface area contributed by atoms with Crippen LogP contribution in [0, 0.1) is 6.92 Å². The summed E-state index contributed by atoms with van der Waals surface area (Å²) in [6, 6.07) is 15.5. The van der Waals surface area contributed by atoms with E-state index in [-0.39, 0.29) is 24.1 Å². The van der Waals surface area contributed by atoms with Gasteiger partial charge in [-0.05, 0) is 55.0 Å². The lowest BCUT2D eigenvalue weighted by molar-refractivity contribution is -0.139. The molecule has 3 amide bonds. The Kier molecular flexibility index (Phi) is 8.20. The second-order valence-corrected chi connectivity index (χ2v) is 7.26. The number of furan rings is 1. The molecule has 0 radical (unpaired) electrons. The summed E-state index contributed by atoms with van der Waals surface area (Å²) in [5.41, 5.74) is 4.43. The standard InChI is InChI=1S/C23H21ClN4O5/c1-15-4-7-17(8-5-15)27-21(29)14-33-20-9-6-16(11-19(20)24)12-26-28-23(31)22(30)25-13-18-3-2-10-32-18/h2-12H,13-14H2,1H3,(H,25,30)(H,27,29)(H,28,31)/b26-12-. The van der Waals surface area contributed by atoms with E-state index < -0.39 is 11.8 Å². The maximum atomic E-state index is 12.0. The Hall–Kier alpha value is -4.11. The van der Waals surface area contributed by atoms with Gasteiger partial charge in [-0.2, -0.15) is 5.10 Å². The number of carbonyl (C=O) groups excluding carboxylic acids is 3. The van der Waals surface area contributed by atoms with Crippen molar-refractivity contribution >= 4 is 41.2 Å². The molecule has 0 bridgehead atoms. The van der Waals surface area contributed by atoms with Crippen LogP contribution in [-0.4, -0.2) is 30.5 Å². The molecule has 0 aliphatic rings. The number of amides is 3. The first-order valence-electron chi connectivity index (χ1n) is 9.83. The summed E-state index contributed by atoms with van der Waals surface area (Å²) >= 11 is 6.19. The molecule has 0 atom stereocenters. The van der Waals surface area contributed by atoms with Crippen LogP contribution < -0.4 is 20.8 Å². The summed E-state index contributed by atoms with van der Waals surface area (Å²) in [6.07, 6.45) is 2.78. The van der Waals surface area contributed by atoms with Gasteiger partial charge in [-0.1, -0.05) is 29.3 Å². The van der Waals surface area contributed by atoms with Crippen LogP contribution in [0.3, 0.4) is 0 Å². The van der Waals surface area contributed by atoms with Crippen LogP contribution in [0.2, 0.25) is 5.02 Å². The predicted molar refractivity (Wildman–Crippen MR) is 123 cm³/mol. The minimum Gasteiger partial charge on any atom is -0.482 e. The fraction of sp³-hybridized carbons (Fsp3) is 0.130. The lowest BCUT2D eigenvalue weighted by Crippen LogP contribution is -2.37. The number of nitrogens with zero attached hydrogens (tertiary/aromatic N) is 1. The zero-order chi connectivity index (χ0) is 23.6. The van der Waals surface area contributed by atoms with E-state index in [2.05, 4.69) is 21.2 Å². The molecule has 10 heteroatoms. The lowest BCUT2D eigenvalue weighted by atomic mass is 10.2. The Morgan fingerprint density at radius 3 is 2.58 bits per heavy atom. The fourth-order valence-electron chi connectivity index (χ4n) is 2.57. The van der Waals surface area contributed by atoms with Crippen molar-refractivity contribution in [3.8, 4) is 5.75 Å². The molecule has 9 nitrogen and oxygen atoms in total. The minimum atomic E-state index is -0.927. The maximum absolute atomic E-state index is 12.0. The summed E-state index contributed by atoms with van der Waals surface area (Å²) in [5.74, 6) is -1.27. The van der Waals surface area contributed by atoms with Crippen LogP contribution in [0.15, 0.2) is 70.4 Å². The summed E-state index contributed by atoms with van der Waals surface area (Å²) in [6.45, 7) is 1.83. The van der Waals surface area contributed by atoms with Gasteiger partial charge < -0.3 is 19.8 Å². The van der Waals surface area contributed by atoms with E-state index in [1.165, 1.54) is 12.5 Å². The van der Waals surface area contributed by atoms with E-state index in [0.29, 0.717) is 22.8 Å². The third-order valence-corrected chi connectivity index (χ3v) is 4.53. The van der Waals surface area contributed by atoms with Crippen molar-refractivity contribution in [3.63, 3.8) is 0 Å². The second kappa shape index (κ2) is 11.5. The fourth-order valence-corrected chi connectivity index (χ4v) is 2.81. The van der Waals surface area contributed by atoms with Crippen molar-refractivity contribution in [2.75, 3.05) is 11.9 Å². The van der Waals surface area contributed by atoms with E-state index in [1.807, 2.05) is 19.1 Å². The Morgan fingerprint density at radius 2 is 1.88 bits per heavy atom. The molecule has 3 rings (SSSR count). The summed E-state index contributed by atoms with van der Waals surface area (Å²) in [4.78, 5) is 35.5. The molecule has 2 aromatic carbocycles. The third-order valence-electron chi connectivity index (χ3n) is 4.24. The van der Waals surface area contributed by atoms with Gasteiger partial charge in [0.25, 0.3) is 5.91 Å². The molecule has 0 saturated carbocycles. The first-order chi connectivity index (χ1) is 15.9. The molecule has 0 fully saturated rings. The molecule has 0 spiro atoms. The molecule has 33 heavy (non-hydrogen) atoms. The number of hydrazone groups is 1. The van der Waals surface area contributed by atoms with Gasteiger partial charge in [0.1, 0.15) is 11.5 Å². The number of rotatable bonds is 8. The van der Waals surface area contributed by atoms with E-state index in [9.17, 15) is 14.4 Å². The quantitative estimate of drug-likeness (QED) is 0.266. The van der Waals surface area contributed by atoms with E-state index >= 15 is 0 Å². The zero-order valence-corrected chi connectivity index (χ0v) is 18.4. The van der Waals surface area contributed by atoms with Gasteiger partial charge in [-0.15, -0.1) is 0 Å². The molecule has 0 saturated heterocycles. The van der Waals surface area contributed by atoms with Crippen LogP contribution in [0.5, 0.6) is 5.75 Å². The number of halogens is 1. The Balaban J connectivity index is 1.44. The Labute approximate surface area is 194 Å². The Morgan fingerprint density at radius 1 is 1.09 bits per heavy atom. The van der Waals surface area contributed by atoms with Crippen LogP contribution in [0.1, 0.15) is 16.9 Å². The van der Waals surface area contributed by atoms with E-state index in [4.69, 9.17) is 20.8 Å². The molecular formula is C23H21ClN4O5. The van der Waals surface area contributed by atoms with E-state index in [1.54, 1.807) is 42.5 Å². The number of hydrogen-bond acceptors (Lipinski definition) is 6. The molecule has 0 aliphatic heterocycles. The van der Waals surface area contributed by atoms with Crippen LogP contribution in [0.4, 0.5) is 5.69 Å². The number of benzene rings is 2. The topological polar surface area (TPSA) is 122 Å². The van der Waals surface area contributed by atoms with Crippen molar-refractivity contribution in [2.45, 2.75) is 13.5 Å². The second-order valence-electron chi connectivity index (χ2n) is 6.85. The average molecular weight is 469 g/mol. The van der Waals surface area contributed by atoms with Crippen molar-refractivity contribution < 1.29 is 23.5 Å². The largest absolute Gasteiger partial charge is 0.482 e. The molecule has 3 aromatic rings. The number of hydrogen-bond donors (Lipinski definition) is 3. The third kappa shape index (κ3) is 7.51. The van der Waals surface area contributed by atoms with Crippen molar-refractivity contribution in [1.29, 1.82) is 0 Å². The number of nitrogens with one attached hydrogen (secondary N) is 3. The van der Waals surface area contributed by atoms with Gasteiger partial charge in [0.15, 0.2) is 6.61 Å². The normalized spacial score (nSPS) is 10.6. The number of carbonyl (C=O) groups is 3. The van der Waals surface area contributed by atoms with Gasteiger partial charge in [0.05, 0.1) is 24.0 Å². The van der Waals surface area contributed by atoms with Gasteiger partial charge in [-0.3, -0.25) is 14.4 Å². The van der Waals surface area contributed by atoms with Crippen molar-refractivity contribution in [1.82, 2.24) is 10.7 Å². The van der Waals surface area contributed by atoms with Crippen LogP contribution in [-0.2, 0) is 20.9 Å². The van der Waals surface area contributed by atoms with Gasteiger partial charge in [-0.25, -0.2) is 5.43 Å². The molecule has 1 heterocycles. The van der Waals surface area contributed by atoms with Gasteiger partial charge in [0.2, 0.25) is 0 Å². The summed E-state index contributed by atoms with van der Waals surface area (Å²) in [7, 11) is 0. The van der Waals surface area contributed by atoms with Crippen molar-refractivity contribution in [3.05, 3.63) is 82.8 Å². The smallest absolute Gasteiger partial charge is 0.329 e. The molecule has 0 unspecified atom stereocenters. The van der Waals surface area contributed by atoms with Gasteiger partial charge in [0, 0.05) is 5.69 Å². The highest BCUT2D eigenvalue weighted by atomic mass is 35.5. The minimum absolute atomic E-state index is 0.0864. The van der Waals surface area contributed by atoms with Gasteiger partial charge >= 0.3 is 11.8 Å². The van der Waals surface area contributed by atoms with E-state index in [0.717, 1.165) is 5.56 Å². The molecule has 3 N–H and O–H groups in total. The molecule has 0 aliphatic carbocycles. The molecule has 1 aromatic heterocycles. The highest BCUT2D eigenvalue weighted by Crippen LogP contribution is 2.25. The molecular weight excluding hydrogens is 448 g/mol. The number of anilines is 1. The first kappa shape index (κ1) is 23.6. The lowest BCUT2D eigenvalue weighted by Gasteiger charge is -2.09.